The van der Waals surface area contributed by atoms with Gasteiger partial charge in [-0.2, -0.15) is 5.10 Å². The summed E-state index contributed by atoms with van der Waals surface area (Å²) in [5.74, 6) is 0.558. The Labute approximate surface area is 138 Å². The van der Waals surface area contributed by atoms with Crippen molar-refractivity contribution in [2.45, 2.75) is 32.7 Å². The Kier molecular flexibility index (Phi) is 4.86. The van der Waals surface area contributed by atoms with Crippen molar-refractivity contribution in [2.75, 3.05) is 36.8 Å². The third-order valence-corrected chi connectivity index (χ3v) is 4.99. The normalized spacial score (nSPS) is 16.2. The molecule has 0 radical (unpaired) electrons. The number of aromatic nitrogens is 2. The lowest BCUT2D eigenvalue weighted by Gasteiger charge is -2.38. The minimum Gasteiger partial charge on any atom is -0.382 e. The number of nitrogens with zero attached hydrogens (tertiary/aromatic N) is 3. The molecular formula is C18H27N5. The van der Waals surface area contributed by atoms with Gasteiger partial charge in [-0.3, -0.25) is 5.10 Å². The first-order chi connectivity index (χ1) is 11.2. The highest BCUT2D eigenvalue weighted by Gasteiger charge is 2.23. The predicted octanol–water partition coefficient (Wildman–Crippen LogP) is 2.97. The van der Waals surface area contributed by atoms with E-state index in [0.29, 0.717) is 5.82 Å². The topological polar surface area (TPSA) is 61.2 Å². The third kappa shape index (κ3) is 3.34. The standard InChI is InChI=1S/C18H27N5/c1-3-22(4-2)15-8-10-23(11-9-15)16-7-5-6-14(12-16)17-13-20-21-18(17)19/h5-7,12-13,15H,3-4,8-11H2,1-2H3,(H3,19,20,21). The predicted molar refractivity (Wildman–Crippen MR) is 96.6 cm³/mol. The average Bonchev–Trinajstić information content (AvgIpc) is 3.03. The van der Waals surface area contributed by atoms with E-state index in [1.165, 1.54) is 18.5 Å². The number of nitrogen functional groups attached to an aromatic ring is 1. The summed E-state index contributed by atoms with van der Waals surface area (Å²) in [5.41, 5.74) is 9.30. The van der Waals surface area contributed by atoms with Gasteiger partial charge in [0, 0.05) is 36.6 Å². The first kappa shape index (κ1) is 15.9. The van der Waals surface area contributed by atoms with Crippen LogP contribution in [-0.4, -0.2) is 47.3 Å². The fraction of sp³-hybridized carbons (Fsp3) is 0.500. The maximum Gasteiger partial charge on any atom is 0.153 e. The molecule has 1 aromatic carbocycles. The van der Waals surface area contributed by atoms with Crippen molar-refractivity contribution in [3.8, 4) is 11.1 Å². The molecule has 2 heterocycles. The van der Waals surface area contributed by atoms with E-state index in [4.69, 9.17) is 5.73 Å². The summed E-state index contributed by atoms with van der Waals surface area (Å²) in [4.78, 5) is 5.07. The number of piperidine rings is 1. The van der Waals surface area contributed by atoms with Crippen LogP contribution in [0.1, 0.15) is 26.7 Å². The van der Waals surface area contributed by atoms with Gasteiger partial charge >= 0.3 is 0 Å². The second-order valence-electron chi connectivity index (χ2n) is 6.17. The lowest BCUT2D eigenvalue weighted by molar-refractivity contribution is 0.186. The zero-order valence-electron chi connectivity index (χ0n) is 14.1. The van der Waals surface area contributed by atoms with E-state index >= 15 is 0 Å². The number of H-pyrrole nitrogens is 1. The highest BCUT2D eigenvalue weighted by atomic mass is 15.2. The third-order valence-electron chi connectivity index (χ3n) is 4.99. The van der Waals surface area contributed by atoms with Gasteiger partial charge in [0.1, 0.15) is 0 Å². The molecule has 0 amide bonds. The molecule has 124 valence electrons. The molecule has 0 atom stereocenters. The van der Waals surface area contributed by atoms with Crippen molar-refractivity contribution in [1.29, 1.82) is 0 Å². The molecular weight excluding hydrogens is 286 g/mol. The minimum absolute atomic E-state index is 0.558. The van der Waals surface area contributed by atoms with Crippen LogP contribution in [0.5, 0.6) is 0 Å². The van der Waals surface area contributed by atoms with E-state index in [1.807, 2.05) is 6.20 Å². The summed E-state index contributed by atoms with van der Waals surface area (Å²) in [6.07, 6.45) is 4.33. The van der Waals surface area contributed by atoms with Crippen LogP contribution in [-0.2, 0) is 0 Å². The van der Waals surface area contributed by atoms with Crippen LogP contribution >= 0.6 is 0 Å². The maximum absolute atomic E-state index is 5.92. The van der Waals surface area contributed by atoms with Crippen molar-refractivity contribution in [1.82, 2.24) is 15.1 Å². The highest BCUT2D eigenvalue weighted by Crippen LogP contribution is 2.29. The molecule has 3 N–H and O–H groups in total. The quantitative estimate of drug-likeness (QED) is 0.891. The molecule has 0 unspecified atom stereocenters. The van der Waals surface area contributed by atoms with E-state index < -0.39 is 0 Å². The molecule has 2 aromatic rings. The number of nitrogens with one attached hydrogen (secondary N) is 1. The molecule has 1 aliphatic rings. The van der Waals surface area contributed by atoms with Crippen molar-refractivity contribution < 1.29 is 0 Å². The molecule has 23 heavy (non-hydrogen) atoms. The molecule has 0 saturated carbocycles. The lowest BCUT2D eigenvalue weighted by Crippen LogP contribution is -2.44. The Bertz CT molecular complexity index is 624. The van der Waals surface area contributed by atoms with Gasteiger partial charge < -0.3 is 15.5 Å². The largest absolute Gasteiger partial charge is 0.382 e. The molecule has 1 aliphatic heterocycles. The number of rotatable bonds is 5. The maximum atomic E-state index is 5.92. The van der Waals surface area contributed by atoms with Gasteiger partial charge in [-0.15, -0.1) is 0 Å². The number of hydrogen-bond acceptors (Lipinski definition) is 4. The lowest BCUT2D eigenvalue weighted by atomic mass is 10.0. The van der Waals surface area contributed by atoms with Crippen LogP contribution in [0.2, 0.25) is 0 Å². The molecule has 1 aromatic heterocycles. The first-order valence-corrected chi connectivity index (χ1v) is 8.61. The second-order valence-corrected chi connectivity index (χ2v) is 6.17. The molecule has 5 nitrogen and oxygen atoms in total. The van der Waals surface area contributed by atoms with E-state index in [2.05, 4.69) is 58.1 Å². The average molecular weight is 313 g/mol. The molecule has 1 fully saturated rings. The number of hydrogen-bond donors (Lipinski definition) is 2. The van der Waals surface area contributed by atoms with Crippen molar-refractivity contribution >= 4 is 11.5 Å². The van der Waals surface area contributed by atoms with Gasteiger partial charge in [-0.05, 0) is 43.6 Å². The van der Waals surface area contributed by atoms with Gasteiger partial charge in [-0.25, -0.2) is 0 Å². The zero-order chi connectivity index (χ0) is 16.2. The van der Waals surface area contributed by atoms with E-state index in [0.717, 1.165) is 43.3 Å². The van der Waals surface area contributed by atoms with E-state index in [-0.39, 0.29) is 0 Å². The summed E-state index contributed by atoms with van der Waals surface area (Å²) in [5, 5.41) is 6.85. The minimum atomic E-state index is 0.558. The Hall–Kier alpha value is -2.01. The molecule has 3 rings (SSSR count). The van der Waals surface area contributed by atoms with Crippen LogP contribution in [0.3, 0.4) is 0 Å². The second kappa shape index (κ2) is 7.04. The smallest absolute Gasteiger partial charge is 0.153 e. The van der Waals surface area contributed by atoms with Crippen LogP contribution in [0, 0.1) is 0 Å². The number of nitrogens with two attached hydrogens (primary N) is 1. The number of benzene rings is 1. The Balaban J connectivity index is 1.71. The molecule has 0 spiro atoms. The van der Waals surface area contributed by atoms with E-state index in [1.54, 1.807) is 0 Å². The van der Waals surface area contributed by atoms with Crippen LogP contribution in [0.25, 0.3) is 11.1 Å². The summed E-state index contributed by atoms with van der Waals surface area (Å²) < 4.78 is 0. The fourth-order valence-electron chi connectivity index (χ4n) is 3.63. The zero-order valence-corrected chi connectivity index (χ0v) is 14.1. The van der Waals surface area contributed by atoms with Gasteiger partial charge in [0.2, 0.25) is 0 Å². The molecule has 5 heteroatoms. The Morgan fingerprint density at radius 2 is 2.00 bits per heavy atom. The number of aromatic amines is 1. The van der Waals surface area contributed by atoms with Crippen LogP contribution in [0.15, 0.2) is 30.5 Å². The van der Waals surface area contributed by atoms with Gasteiger partial charge in [0.25, 0.3) is 0 Å². The number of anilines is 2. The van der Waals surface area contributed by atoms with Crippen LogP contribution in [0.4, 0.5) is 11.5 Å². The first-order valence-electron chi connectivity index (χ1n) is 8.61. The Morgan fingerprint density at radius 1 is 1.26 bits per heavy atom. The highest BCUT2D eigenvalue weighted by molar-refractivity contribution is 5.75. The SMILES string of the molecule is CCN(CC)C1CCN(c2cccc(-c3c[nH]nc3N)c2)CC1. The van der Waals surface area contributed by atoms with Crippen LogP contribution < -0.4 is 10.6 Å². The van der Waals surface area contributed by atoms with E-state index in [9.17, 15) is 0 Å². The van der Waals surface area contributed by atoms with Crippen molar-refractivity contribution in [2.24, 2.45) is 0 Å². The summed E-state index contributed by atoms with van der Waals surface area (Å²) in [7, 11) is 0. The summed E-state index contributed by atoms with van der Waals surface area (Å²) >= 11 is 0. The Morgan fingerprint density at radius 3 is 2.61 bits per heavy atom. The molecule has 0 bridgehead atoms. The fourth-order valence-corrected chi connectivity index (χ4v) is 3.63. The van der Waals surface area contributed by atoms with Gasteiger partial charge in [0.15, 0.2) is 5.82 Å². The molecule has 1 saturated heterocycles. The molecule has 0 aliphatic carbocycles. The van der Waals surface area contributed by atoms with Crippen molar-refractivity contribution in [3.63, 3.8) is 0 Å². The van der Waals surface area contributed by atoms with Gasteiger partial charge in [-0.1, -0.05) is 26.0 Å². The van der Waals surface area contributed by atoms with Gasteiger partial charge in [0.05, 0.1) is 0 Å². The summed E-state index contributed by atoms with van der Waals surface area (Å²) in [6.45, 7) is 9.05. The van der Waals surface area contributed by atoms with Crippen molar-refractivity contribution in [3.05, 3.63) is 30.5 Å². The summed E-state index contributed by atoms with van der Waals surface area (Å²) in [6, 6.07) is 9.34. The monoisotopic (exact) mass is 313 g/mol.